The van der Waals surface area contributed by atoms with Crippen LogP contribution >= 0.6 is 0 Å². The summed E-state index contributed by atoms with van der Waals surface area (Å²) < 4.78 is 0. The van der Waals surface area contributed by atoms with Crippen LogP contribution in [0.5, 0.6) is 0 Å². The maximum atomic E-state index is 12.9. The molecular weight excluding hydrogens is 312 g/mol. The van der Waals surface area contributed by atoms with Crippen molar-refractivity contribution in [3.8, 4) is 6.07 Å². The highest BCUT2D eigenvalue weighted by atomic mass is 16.2. The van der Waals surface area contributed by atoms with Gasteiger partial charge in [0.2, 0.25) is 5.91 Å². The highest BCUT2D eigenvalue weighted by Gasteiger charge is 2.33. The standard InChI is InChI=1S/C20H20N4O/c21-11-15-5-6-19(22-12-15)23-9-8-18(14-23)20(25)24-10-7-16-3-1-2-4-17(16)13-24/h1-6,12,18H,7-10,13-14H2. The maximum Gasteiger partial charge on any atom is 0.227 e. The van der Waals surface area contributed by atoms with Crippen molar-refractivity contribution in [3.63, 3.8) is 0 Å². The molecule has 1 fully saturated rings. The SMILES string of the molecule is N#Cc1ccc(N2CCC(C(=O)N3CCc4ccccc4C3)C2)nc1. The molecule has 3 heterocycles. The average Bonchev–Trinajstić information content (AvgIpc) is 3.17. The molecule has 1 saturated heterocycles. The summed E-state index contributed by atoms with van der Waals surface area (Å²) in [5.41, 5.74) is 3.19. The highest BCUT2D eigenvalue weighted by Crippen LogP contribution is 2.26. The summed E-state index contributed by atoms with van der Waals surface area (Å²) in [7, 11) is 0. The van der Waals surface area contributed by atoms with Gasteiger partial charge in [0.25, 0.3) is 0 Å². The summed E-state index contributed by atoms with van der Waals surface area (Å²) in [6.45, 7) is 3.07. The summed E-state index contributed by atoms with van der Waals surface area (Å²) in [6, 6.07) is 14.1. The molecule has 126 valence electrons. The van der Waals surface area contributed by atoms with Crippen molar-refractivity contribution in [1.82, 2.24) is 9.88 Å². The summed E-state index contributed by atoms with van der Waals surface area (Å²) >= 11 is 0. The average molecular weight is 332 g/mol. The minimum absolute atomic E-state index is 0.0303. The van der Waals surface area contributed by atoms with Crippen LogP contribution in [0.15, 0.2) is 42.6 Å². The van der Waals surface area contributed by atoms with Gasteiger partial charge in [-0.2, -0.15) is 5.26 Å². The van der Waals surface area contributed by atoms with E-state index in [9.17, 15) is 4.79 Å². The van der Waals surface area contributed by atoms with Gasteiger partial charge in [0.1, 0.15) is 11.9 Å². The number of fused-ring (bicyclic) bond motifs is 1. The van der Waals surface area contributed by atoms with Gasteiger partial charge in [-0.05, 0) is 36.1 Å². The van der Waals surface area contributed by atoms with Gasteiger partial charge in [-0.15, -0.1) is 0 Å². The smallest absolute Gasteiger partial charge is 0.227 e. The van der Waals surface area contributed by atoms with Gasteiger partial charge in [-0.25, -0.2) is 4.98 Å². The molecule has 0 aliphatic carbocycles. The van der Waals surface area contributed by atoms with Crippen LogP contribution in [0, 0.1) is 17.2 Å². The molecule has 5 heteroatoms. The molecule has 1 atom stereocenters. The molecule has 1 amide bonds. The second-order valence-corrected chi connectivity index (χ2v) is 6.73. The monoisotopic (exact) mass is 332 g/mol. The quantitative estimate of drug-likeness (QED) is 0.847. The normalized spacial score (nSPS) is 19.4. The number of carbonyl (C=O) groups excluding carboxylic acids is 1. The molecule has 0 spiro atoms. The van der Waals surface area contributed by atoms with E-state index in [2.05, 4.69) is 34.2 Å². The summed E-state index contributed by atoms with van der Waals surface area (Å²) in [5.74, 6) is 1.13. The van der Waals surface area contributed by atoms with E-state index in [-0.39, 0.29) is 11.8 Å². The van der Waals surface area contributed by atoms with Crippen LogP contribution in [0.1, 0.15) is 23.1 Å². The third-order valence-corrected chi connectivity index (χ3v) is 5.18. The predicted octanol–water partition coefficient (Wildman–Crippen LogP) is 2.36. The second kappa shape index (κ2) is 6.56. The minimum Gasteiger partial charge on any atom is -0.356 e. The zero-order valence-electron chi connectivity index (χ0n) is 14.1. The number of aromatic nitrogens is 1. The van der Waals surface area contributed by atoms with E-state index in [1.807, 2.05) is 17.0 Å². The Kier molecular flexibility index (Phi) is 4.10. The Bertz CT molecular complexity index is 824. The van der Waals surface area contributed by atoms with Gasteiger partial charge in [0, 0.05) is 32.4 Å². The fraction of sp³-hybridized carbons (Fsp3) is 0.350. The molecule has 1 aromatic carbocycles. The summed E-state index contributed by atoms with van der Waals surface area (Å²) in [5, 5.41) is 8.87. The lowest BCUT2D eigenvalue weighted by Crippen LogP contribution is -2.40. The van der Waals surface area contributed by atoms with Gasteiger partial charge >= 0.3 is 0 Å². The lowest BCUT2D eigenvalue weighted by molar-refractivity contribution is -0.135. The predicted molar refractivity (Wildman–Crippen MR) is 94.8 cm³/mol. The fourth-order valence-corrected chi connectivity index (χ4v) is 3.75. The van der Waals surface area contributed by atoms with Crippen molar-refractivity contribution in [2.45, 2.75) is 19.4 Å². The lowest BCUT2D eigenvalue weighted by Gasteiger charge is -2.31. The first-order valence-corrected chi connectivity index (χ1v) is 8.71. The number of pyridine rings is 1. The zero-order valence-corrected chi connectivity index (χ0v) is 14.1. The second-order valence-electron chi connectivity index (χ2n) is 6.73. The zero-order chi connectivity index (χ0) is 17.2. The molecule has 2 aliphatic rings. The van der Waals surface area contributed by atoms with Crippen LogP contribution in [-0.2, 0) is 17.8 Å². The van der Waals surface area contributed by atoms with Crippen LogP contribution in [0.4, 0.5) is 5.82 Å². The molecule has 1 aromatic heterocycles. The van der Waals surface area contributed by atoms with Gasteiger partial charge in [0.05, 0.1) is 11.5 Å². The van der Waals surface area contributed by atoms with Crippen molar-refractivity contribution in [1.29, 1.82) is 5.26 Å². The van der Waals surface area contributed by atoms with Crippen LogP contribution in [-0.4, -0.2) is 35.4 Å². The van der Waals surface area contributed by atoms with Gasteiger partial charge in [-0.1, -0.05) is 24.3 Å². The molecule has 4 rings (SSSR count). The molecule has 1 unspecified atom stereocenters. The molecule has 0 saturated carbocycles. The van der Waals surface area contributed by atoms with E-state index < -0.39 is 0 Å². The Balaban J connectivity index is 1.41. The van der Waals surface area contributed by atoms with E-state index in [1.54, 1.807) is 12.3 Å². The number of hydrogen-bond donors (Lipinski definition) is 0. The Labute approximate surface area is 147 Å². The van der Waals surface area contributed by atoms with E-state index in [0.29, 0.717) is 12.1 Å². The van der Waals surface area contributed by atoms with Crippen LogP contribution in [0.2, 0.25) is 0 Å². The molecule has 0 radical (unpaired) electrons. The number of anilines is 1. The number of rotatable bonds is 2. The van der Waals surface area contributed by atoms with Crippen molar-refractivity contribution in [2.75, 3.05) is 24.5 Å². The van der Waals surface area contributed by atoms with Gasteiger partial charge in [-0.3, -0.25) is 4.79 Å². The van der Waals surface area contributed by atoms with Crippen LogP contribution in [0.3, 0.4) is 0 Å². The van der Waals surface area contributed by atoms with E-state index >= 15 is 0 Å². The molecule has 25 heavy (non-hydrogen) atoms. The Morgan fingerprint density at radius 1 is 1.16 bits per heavy atom. The highest BCUT2D eigenvalue weighted by molar-refractivity contribution is 5.80. The fourth-order valence-electron chi connectivity index (χ4n) is 3.75. The molecule has 2 aliphatic heterocycles. The number of carbonyl (C=O) groups is 1. The van der Waals surface area contributed by atoms with Crippen molar-refractivity contribution in [3.05, 3.63) is 59.3 Å². The Morgan fingerprint density at radius 2 is 2.00 bits per heavy atom. The Morgan fingerprint density at radius 3 is 2.76 bits per heavy atom. The first kappa shape index (κ1) is 15.6. The molecule has 0 N–H and O–H groups in total. The van der Waals surface area contributed by atoms with E-state index in [4.69, 9.17) is 5.26 Å². The lowest BCUT2D eigenvalue weighted by atomic mass is 9.98. The van der Waals surface area contributed by atoms with E-state index in [0.717, 1.165) is 38.3 Å². The molecule has 0 bridgehead atoms. The third-order valence-electron chi connectivity index (χ3n) is 5.18. The Hall–Kier alpha value is -2.87. The number of nitriles is 1. The van der Waals surface area contributed by atoms with Gasteiger partial charge in [0.15, 0.2) is 0 Å². The maximum absolute atomic E-state index is 12.9. The van der Waals surface area contributed by atoms with Crippen molar-refractivity contribution < 1.29 is 4.79 Å². The first-order chi connectivity index (χ1) is 12.2. The summed E-state index contributed by atoms with van der Waals surface area (Å²) in [6.07, 6.45) is 3.39. The number of nitrogens with zero attached hydrogens (tertiary/aromatic N) is 4. The van der Waals surface area contributed by atoms with Crippen LogP contribution < -0.4 is 4.90 Å². The molecule has 2 aromatic rings. The number of hydrogen-bond acceptors (Lipinski definition) is 4. The molecule has 5 nitrogen and oxygen atoms in total. The number of amides is 1. The van der Waals surface area contributed by atoms with Crippen molar-refractivity contribution >= 4 is 11.7 Å². The number of benzene rings is 1. The van der Waals surface area contributed by atoms with Gasteiger partial charge < -0.3 is 9.80 Å². The third kappa shape index (κ3) is 3.08. The van der Waals surface area contributed by atoms with Crippen LogP contribution in [0.25, 0.3) is 0 Å². The van der Waals surface area contributed by atoms with E-state index in [1.165, 1.54) is 11.1 Å². The topological polar surface area (TPSA) is 60.2 Å². The molecular formula is C20H20N4O. The minimum atomic E-state index is 0.0303. The van der Waals surface area contributed by atoms with Crippen molar-refractivity contribution in [2.24, 2.45) is 5.92 Å². The summed E-state index contributed by atoms with van der Waals surface area (Å²) in [4.78, 5) is 21.4. The first-order valence-electron chi connectivity index (χ1n) is 8.71. The largest absolute Gasteiger partial charge is 0.356 e.